The SMILES string of the molecule is Cc1nc(-c2ccsc2)sc1C(=O)Nc1nc2c(C)cccc2s1. The molecule has 0 saturated heterocycles. The molecule has 0 bridgehead atoms. The van der Waals surface area contributed by atoms with E-state index in [1.165, 1.54) is 22.7 Å². The minimum absolute atomic E-state index is 0.150. The molecular formula is C17H13N3OS3. The summed E-state index contributed by atoms with van der Waals surface area (Å²) < 4.78 is 1.07. The van der Waals surface area contributed by atoms with Gasteiger partial charge in [0.15, 0.2) is 5.13 Å². The highest BCUT2D eigenvalue weighted by Gasteiger charge is 2.18. The fourth-order valence-corrected chi connectivity index (χ4v) is 5.02. The van der Waals surface area contributed by atoms with Gasteiger partial charge in [-0.05, 0) is 36.9 Å². The molecule has 0 atom stereocenters. The number of thiophene rings is 1. The highest BCUT2D eigenvalue weighted by Crippen LogP contribution is 2.31. The van der Waals surface area contributed by atoms with E-state index in [1.54, 1.807) is 11.3 Å². The summed E-state index contributed by atoms with van der Waals surface area (Å²) in [5.74, 6) is -0.150. The van der Waals surface area contributed by atoms with E-state index in [9.17, 15) is 4.79 Å². The van der Waals surface area contributed by atoms with Gasteiger partial charge in [-0.1, -0.05) is 23.5 Å². The monoisotopic (exact) mass is 371 g/mol. The largest absolute Gasteiger partial charge is 0.297 e. The van der Waals surface area contributed by atoms with Crippen molar-refractivity contribution in [3.63, 3.8) is 0 Å². The summed E-state index contributed by atoms with van der Waals surface area (Å²) >= 11 is 4.52. The maximum Gasteiger partial charge on any atom is 0.269 e. The quantitative estimate of drug-likeness (QED) is 0.528. The van der Waals surface area contributed by atoms with Gasteiger partial charge in [-0.15, -0.1) is 11.3 Å². The summed E-state index contributed by atoms with van der Waals surface area (Å²) in [6, 6.07) is 8.05. The molecule has 3 heterocycles. The first-order valence-electron chi connectivity index (χ1n) is 7.29. The number of hydrogen-bond acceptors (Lipinski definition) is 6. The lowest BCUT2D eigenvalue weighted by Gasteiger charge is -1.98. The summed E-state index contributed by atoms with van der Waals surface area (Å²) in [5, 5.41) is 8.46. The average Bonchev–Trinajstić information content (AvgIpc) is 3.25. The van der Waals surface area contributed by atoms with Gasteiger partial charge in [0.05, 0.1) is 15.9 Å². The van der Waals surface area contributed by atoms with E-state index in [0.717, 1.165) is 32.0 Å². The zero-order valence-electron chi connectivity index (χ0n) is 13.0. The summed E-state index contributed by atoms with van der Waals surface area (Å²) in [6.07, 6.45) is 0. The van der Waals surface area contributed by atoms with Crippen molar-refractivity contribution in [1.29, 1.82) is 0 Å². The summed E-state index contributed by atoms with van der Waals surface area (Å²) in [6.45, 7) is 3.89. The van der Waals surface area contributed by atoms with Crippen LogP contribution in [0.3, 0.4) is 0 Å². The first kappa shape index (κ1) is 15.4. The average molecular weight is 372 g/mol. The zero-order chi connectivity index (χ0) is 16.7. The number of carbonyl (C=O) groups excluding carboxylic acids is 1. The van der Waals surface area contributed by atoms with Crippen LogP contribution in [-0.4, -0.2) is 15.9 Å². The second-order valence-electron chi connectivity index (χ2n) is 5.34. The molecule has 4 nitrogen and oxygen atoms in total. The van der Waals surface area contributed by atoms with Gasteiger partial charge >= 0.3 is 0 Å². The number of aryl methyl sites for hydroxylation is 2. The van der Waals surface area contributed by atoms with Gasteiger partial charge < -0.3 is 0 Å². The Hall–Kier alpha value is -2.09. The van der Waals surface area contributed by atoms with E-state index in [1.807, 2.05) is 48.9 Å². The zero-order valence-corrected chi connectivity index (χ0v) is 15.4. The van der Waals surface area contributed by atoms with Gasteiger partial charge in [0.1, 0.15) is 9.88 Å². The van der Waals surface area contributed by atoms with Crippen LogP contribution < -0.4 is 5.32 Å². The second-order valence-corrected chi connectivity index (χ2v) is 8.15. The Balaban J connectivity index is 1.63. The molecule has 0 spiro atoms. The fraction of sp³-hybridized carbons (Fsp3) is 0.118. The van der Waals surface area contributed by atoms with Crippen LogP contribution in [0.5, 0.6) is 0 Å². The molecule has 0 unspecified atom stereocenters. The van der Waals surface area contributed by atoms with E-state index < -0.39 is 0 Å². The minimum atomic E-state index is -0.150. The Kier molecular flexibility index (Phi) is 3.91. The molecule has 24 heavy (non-hydrogen) atoms. The lowest BCUT2D eigenvalue weighted by atomic mass is 10.2. The molecule has 4 aromatic rings. The number of amides is 1. The normalized spacial score (nSPS) is 11.1. The number of hydrogen-bond donors (Lipinski definition) is 1. The third kappa shape index (κ3) is 2.75. The third-order valence-corrected chi connectivity index (χ3v) is 6.44. The molecule has 0 aliphatic heterocycles. The smallest absolute Gasteiger partial charge is 0.269 e. The van der Waals surface area contributed by atoms with Crippen molar-refractivity contribution in [1.82, 2.24) is 9.97 Å². The Morgan fingerprint density at radius 1 is 1.12 bits per heavy atom. The van der Waals surface area contributed by atoms with Crippen LogP contribution in [0.15, 0.2) is 35.0 Å². The number of nitrogens with zero attached hydrogens (tertiary/aromatic N) is 2. The number of aromatic nitrogens is 2. The first-order valence-corrected chi connectivity index (χ1v) is 9.87. The van der Waals surface area contributed by atoms with E-state index >= 15 is 0 Å². The maximum atomic E-state index is 12.6. The molecule has 1 N–H and O–H groups in total. The lowest BCUT2D eigenvalue weighted by molar-refractivity contribution is 0.103. The van der Waals surface area contributed by atoms with Gasteiger partial charge in [0.2, 0.25) is 0 Å². The lowest BCUT2D eigenvalue weighted by Crippen LogP contribution is -2.11. The molecule has 0 radical (unpaired) electrons. The highest BCUT2D eigenvalue weighted by molar-refractivity contribution is 7.22. The Bertz CT molecular complexity index is 1030. The number of anilines is 1. The predicted molar refractivity (Wildman–Crippen MR) is 102 cm³/mol. The molecule has 1 aromatic carbocycles. The molecule has 7 heteroatoms. The molecule has 0 aliphatic rings. The van der Waals surface area contributed by atoms with Gasteiger partial charge in [0, 0.05) is 10.9 Å². The third-order valence-electron chi connectivity index (χ3n) is 3.61. The van der Waals surface area contributed by atoms with Crippen LogP contribution >= 0.6 is 34.0 Å². The molecular weight excluding hydrogens is 358 g/mol. The topological polar surface area (TPSA) is 54.9 Å². The van der Waals surface area contributed by atoms with Crippen LogP contribution in [-0.2, 0) is 0 Å². The van der Waals surface area contributed by atoms with Crippen molar-refractivity contribution in [2.24, 2.45) is 0 Å². The maximum absolute atomic E-state index is 12.6. The van der Waals surface area contributed by atoms with Gasteiger partial charge in [-0.2, -0.15) is 11.3 Å². The van der Waals surface area contributed by atoms with Gasteiger partial charge in [0.25, 0.3) is 5.91 Å². The standard InChI is InChI=1S/C17H13N3OS3/c1-9-4-3-5-12-13(9)19-17(23-12)20-15(21)14-10(2)18-16(24-14)11-6-7-22-8-11/h3-8H,1-2H3,(H,19,20,21). The Morgan fingerprint density at radius 3 is 2.75 bits per heavy atom. The Morgan fingerprint density at radius 2 is 2.00 bits per heavy atom. The number of nitrogens with one attached hydrogen (secondary N) is 1. The second kappa shape index (κ2) is 6.08. The van der Waals surface area contributed by atoms with E-state index in [-0.39, 0.29) is 5.91 Å². The molecule has 0 fully saturated rings. The van der Waals surface area contributed by atoms with E-state index in [0.29, 0.717) is 10.0 Å². The van der Waals surface area contributed by atoms with Crippen molar-refractivity contribution in [3.05, 3.63) is 51.2 Å². The predicted octanol–water partition coefficient (Wildman–Crippen LogP) is 5.35. The first-order chi connectivity index (χ1) is 11.6. The fourth-order valence-electron chi connectivity index (χ4n) is 2.41. The van der Waals surface area contributed by atoms with Crippen LogP contribution in [0.2, 0.25) is 0 Å². The molecule has 1 amide bonds. The number of fused-ring (bicyclic) bond motifs is 1. The van der Waals surface area contributed by atoms with E-state index in [2.05, 4.69) is 15.3 Å². The number of carbonyl (C=O) groups is 1. The van der Waals surface area contributed by atoms with Crippen LogP contribution in [0.1, 0.15) is 20.9 Å². The van der Waals surface area contributed by atoms with Crippen LogP contribution in [0, 0.1) is 13.8 Å². The van der Waals surface area contributed by atoms with Crippen molar-refractivity contribution in [2.75, 3.05) is 5.32 Å². The highest BCUT2D eigenvalue weighted by atomic mass is 32.1. The minimum Gasteiger partial charge on any atom is -0.297 e. The summed E-state index contributed by atoms with van der Waals surface area (Å²) in [7, 11) is 0. The number of rotatable bonds is 3. The molecule has 0 saturated carbocycles. The molecule has 4 rings (SSSR count). The molecule has 0 aliphatic carbocycles. The molecule has 120 valence electrons. The Labute approximate surface area is 150 Å². The van der Waals surface area contributed by atoms with E-state index in [4.69, 9.17) is 0 Å². The number of para-hydroxylation sites is 1. The molecule has 3 aromatic heterocycles. The van der Waals surface area contributed by atoms with Crippen molar-refractivity contribution in [2.45, 2.75) is 13.8 Å². The van der Waals surface area contributed by atoms with Crippen LogP contribution in [0.25, 0.3) is 20.8 Å². The van der Waals surface area contributed by atoms with Crippen LogP contribution in [0.4, 0.5) is 5.13 Å². The van der Waals surface area contributed by atoms with Crippen molar-refractivity contribution < 1.29 is 4.79 Å². The number of benzene rings is 1. The summed E-state index contributed by atoms with van der Waals surface area (Å²) in [4.78, 5) is 22.3. The van der Waals surface area contributed by atoms with Crippen molar-refractivity contribution in [3.8, 4) is 10.6 Å². The summed E-state index contributed by atoms with van der Waals surface area (Å²) in [5.41, 5.74) is 3.86. The number of thiazole rings is 2. The van der Waals surface area contributed by atoms with Gasteiger partial charge in [-0.25, -0.2) is 9.97 Å². The van der Waals surface area contributed by atoms with Crippen molar-refractivity contribution >= 4 is 55.3 Å². The van der Waals surface area contributed by atoms with Gasteiger partial charge in [-0.3, -0.25) is 10.1 Å².